The van der Waals surface area contributed by atoms with Gasteiger partial charge in [0, 0.05) is 6.08 Å². The van der Waals surface area contributed by atoms with Crippen LogP contribution in [0.4, 0.5) is 0 Å². The van der Waals surface area contributed by atoms with Gasteiger partial charge in [0.25, 0.3) is 0 Å². The normalized spacial score (nSPS) is 16.9. The van der Waals surface area contributed by atoms with Gasteiger partial charge < -0.3 is 4.74 Å². The van der Waals surface area contributed by atoms with Gasteiger partial charge in [-0.3, -0.25) is 14.9 Å². The zero-order chi connectivity index (χ0) is 6.85. The first-order valence-electron chi connectivity index (χ1n) is 2.25. The summed E-state index contributed by atoms with van der Waals surface area (Å²) in [7, 11) is 0. The summed E-state index contributed by atoms with van der Waals surface area (Å²) in [6.45, 7) is 0. The molecule has 0 aromatic heterocycles. The van der Waals surface area contributed by atoms with E-state index in [1.54, 1.807) is 0 Å². The number of nitro groups is 1. The molecule has 0 saturated carbocycles. The van der Waals surface area contributed by atoms with Crippen molar-refractivity contribution >= 4 is 5.97 Å². The molecule has 0 atom stereocenters. The molecular formula is C4H3NO4. The van der Waals surface area contributed by atoms with Crippen LogP contribution >= 0.6 is 0 Å². The molecule has 1 aliphatic rings. The quantitative estimate of drug-likeness (QED) is 0.285. The molecule has 0 bridgehead atoms. The Hall–Kier alpha value is -1.39. The third-order valence-corrected chi connectivity index (χ3v) is 0.842. The maximum atomic E-state index is 10.2. The average molecular weight is 129 g/mol. The predicted octanol–water partition coefficient (Wildman–Crippen LogP) is 0.0514. The van der Waals surface area contributed by atoms with Crippen molar-refractivity contribution in [2.45, 2.75) is 6.42 Å². The van der Waals surface area contributed by atoms with Crippen LogP contribution in [0.5, 0.6) is 0 Å². The zero-order valence-electron chi connectivity index (χ0n) is 4.36. The standard InChI is InChI=1S/C4H3NO4/c6-4-2-1-3(9-4)5(7)8/h1H,2H2. The topological polar surface area (TPSA) is 69.4 Å². The van der Waals surface area contributed by atoms with Gasteiger partial charge in [0.2, 0.25) is 0 Å². The van der Waals surface area contributed by atoms with Crippen molar-refractivity contribution in [3.05, 3.63) is 22.1 Å². The molecule has 1 rings (SSSR count). The lowest BCUT2D eigenvalue weighted by Gasteiger charge is -1.87. The van der Waals surface area contributed by atoms with Crippen molar-refractivity contribution in [1.29, 1.82) is 0 Å². The van der Waals surface area contributed by atoms with Gasteiger partial charge >= 0.3 is 11.9 Å². The zero-order valence-corrected chi connectivity index (χ0v) is 4.36. The summed E-state index contributed by atoms with van der Waals surface area (Å²) < 4.78 is 4.15. The van der Waals surface area contributed by atoms with E-state index in [1.807, 2.05) is 0 Å². The van der Waals surface area contributed by atoms with Gasteiger partial charge in [-0.25, -0.2) is 0 Å². The molecule has 1 aliphatic heterocycles. The van der Waals surface area contributed by atoms with Crippen LogP contribution < -0.4 is 0 Å². The van der Waals surface area contributed by atoms with Gasteiger partial charge in [0.15, 0.2) is 0 Å². The highest BCUT2D eigenvalue weighted by molar-refractivity contribution is 5.74. The van der Waals surface area contributed by atoms with Gasteiger partial charge in [-0.2, -0.15) is 0 Å². The largest absolute Gasteiger partial charge is 0.432 e. The molecule has 0 N–H and O–H groups in total. The molecule has 0 radical (unpaired) electrons. The van der Waals surface area contributed by atoms with Crippen LogP contribution in [-0.4, -0.2) is 10.9 Å². The number of ether oxygens (including phenoxy) is 1. The Balaban J connectivity index is 2.65. The van der Waals surface area contributed by atoms with E-state index in [1.165, 1.54) is 0 Å². The van der Waals surface area contributed by atoms with Crippen LogP contribution in [-0.2, 0) is 9.53 Å². The SMILES string of the molecule is O=C1CC=C([N+](=O)[O-])O1. The number of carbonyl (C=O) groups excluding carboxylic acids is 1. The minimum atomic E-state index is -0.731. The smallest absolute Gasteiger partial charge is 0.367 e. The first-order valence-corrected chi connectivity index (χ1v) is 2.25. The number of hydrogen-bond acceptors (Lipinski definition) is 4. The van der Waals surface area contributed by atoms with E-state index in [4.69, 9.17) is 0 Å². The van der Waals surface area contributed by atoms with E-state index in [0.29, 0.717) is 0 Å². The van der Waals surface area contributed by atoms with Crippen LogP contribution in [0.25, 0.3) is 0 Å². The Labute approximate surface area is 50.1 Å². The third-order valence-electron chi connectivity index (χ3n) is 0.842. The Morgan fingerprint density at radius 1 is 1.78 bits per heavy atom. The fourth-order valence-electron chi connectivity index (χ4n) is 0.482. The number of rotatable bonds is 1. The lowest BCUT2D eigenvalue weighted by atomic mass is 10.5. The highest BCUT2D eigenvalue weighted by atomic mass is 16.7. The fourth-order valence-corrected chi connectivity index (χ4v) is 0.482. The first-order chi connectivity index (χ1) is 4.20. The Morgan fingerprint density at radius 3 is 2.67 bits per heavy atom. The van der Waals surface area contributed by atoms with E-state index in [2.05, 4.69) is 4.74 Å². The van der Waals surface area contributed by atoms with Crippen molar-refractivity contribution in [2.24, 2.45) is 0 Å². The molecule has 9 heavy (non-hydrogen) atoms. The number of esters is 1. The Bertz CT molecular complexity index is 195. The van der Waals surface area contributed by atoms with Crippen molar-refractivity contribution in [1.82, 2.24) is 0 Å². The maximum absolute atomic E-state index is 10.2. The Kier molecular flexibility index (Phi) is 1.18. The summed E-state index contributed by atoms with van der Waals surface area (Å²) >= 11 is 0. The van der Waals surface area contributed by atoms with Crippen LogP contribution in [0.1, 0.15) is 6.42 Å². The molecule has 5 nitrogen and oxygen atoms in total. The van der Waals surface area contributed by atoms with Crippen molar-refractivity contribution < 1.29 is 14.5 Å². The number of hydrogen-bond donors (Lipinski definition) is 0. The summed E-state index contributed by atoms with van der Waals surface area (Å²) in [4.78, 5) is 19.3. The number of cyclic esters (lactones) is 1. The highest BCUT2D eigenvalue weighted by Gasteiger charge is 2.23. The third kappa shape index (κ3) is 1.04. The van der Waals surface area contributed by atoms with Gasteiger partial charge in [-0.05, 0) is 0 Å². The molecule has 0 unspecified atom stereocenters. The molecular weight excluding hydrogens is 126 g/mol. The average Bonchev–Trinajstić information content (AvgIpc) is 2.14. The summed E-state index contributed by atoms with van der Waals surface area (Å²) in [5, 5.41) is 9.81. The summed E-state index contributed by atoms with van der Waals surface area (Å²) in [5.41, 5.74) is 0. The molecule has 0 aromatic rings. The lowest BCUT2D eigenvalue weighted by molar-refractivity contribution is -0.456. The van der Waals surface area contributed by atoms with E-state index in [0.717, 1.165) is 6.08 Å². The van der Waals surface area contributed by atoms with Crippen LogP contribution in [0.3, 0.4) is 0 Å². The number of nitrogens with zero attached hydrogens (tertiary/aromatic N) is 1. The fraction of sp³-hybridized carbons (Fsp3) is 0.250. The molecule has 0 aliphatic carbocycles. The van der Waals surface area contributed by atoms with E-state index in [-0.39, 0.29) is 6.42 Å². The van der Waals surface area contributed by atoms with Gasteiger partial charge in [0.05, 0.1) is 6.42 Å². The second-order valence-electron chi connectivity index (χ2n) is 1.48. The van der Waals surface area contributed by atoms with Crippen molar-refractivity contribution in [3.8, 4) is 0 Å². The molecule has 0 aromatic carbocycles. The summed E-state index contributed by atoms with van der Waals surface area (Å²) in [5.74, 6) is -1.03. The van der Waals surface area contributed by atoms with Crippen LogP contribution in [0.15, 0.2) is 12.0 Å². The minimum Gasteiger partial charge on any atom is -0.367 e. The van der Waals surface area contributed by atoms with Crippen LogP contribution in [0, 0.1) is 10.1 Å². The maximum Gasteiger partial charge on any atom is 0.432 e. The van der Waals surface area contributed by atoms with Crippen molar-refractivity contribution in [2.75, 3.05) is 0 Å². The first kappa shape index (κ1) is 5.74. The molecule has 0 saturated heterocycles. The summed E-state index contributed by atoms with van der Waals surface area (Å²) in [6.07, 6.45) is 1.15. The molecule has 0 fully saturated rings. The second kappa shape index (κ2) is 1.85. The molecule has 0 spiro atoms. The van der Waals surface area contributed by atoms with Gasteiger partial charge in [-0.1, -0.05) is 0 Å². The van der Waals surface area contributed by atoms with Crippen LogP contribution in [0.2, 0.25) is 0 Å². The highest BCUT2D eigenvalue weighted by Crippen LogP contribution is 2.09. The molecule has 48 valence electrons. The van der Waals surface area contributed by atoms with E-state index >= 15 is 0 Å². The minimum absolute atomic E-state index is 0.0102. The second-order valence-corrected chi connectivity index (χ2v) is 1.48. The van der Waals surface area contributed by atoms with E-state index in [9.17, 15) is 14.9 Å². The molecule has 5 heteroatoms. The van der Waals surface area contributed by atoms with E-state index < -0.39 is 16.8 Å². The van der Waals surface area contributed by atoms with Gasteiger partial charge in [0.1, 0.15) is 4.92 Å². The van der Waals surface area contributed by atoms with Gasteiger partial charge in [-0.15, -0.1) is 0 Å². The lowest BCUT2D eigenvalue weighted by Crippen LogP contribution is -2.01. The molecule has 0 amide bonds. The molecule has 1 heterocycles. The summed E-state index contributed by atoms with van der Waals surface area (Å²) in [6, 6.07) is 0. The monoisotopic (exact) mass is 129 g/mol. The predicted molar refractivity (Wildman–Crippen MR) is 25.8 cm³/mol. The van der Waals surface area contributed by atoms with Crippen molar-refractivity contribution in [3.63, 3.8) is 0 Å². The Morgan fingerprint density at radius 2 is 2.44 bits per heavy atom. The number of carbonyl (C=O) groups is 1.